The predicted molar refractivity (Wildman–Crippen MR) is 52.6 cm³/mol. The number of ether oxygens (including phenoxy) is 1. The predicted octanol–water partition coefficient (Wildman–Crippen LogP) is 1.52. The van der Waals surface area contributed by atoms with E-state index >= 15 is 0 Å². The Hall–Kier alpha value is -1.64. The number of hydrogen-bond donors (Lipinski definition) is 0. The zero-order valence-electron chi connectivity index (χ0n) is 8.53. The fourth-order valence-electron chi connectivity index (χ4n) is 2.75. The maximum atomic E-state index is 11.5. The summed E-state index contributed by atoms with van der Waals surface area (Å²) in [7, 11) is 0. The van der Waals surface area contributed by atoms with Crippen molar-refractivity contribution in [1.29, 1.82) is 0 Å². The summed E-state index contributed by atoms with van der Waals surface area (Å²) in [5.74, 6) is -0.917. The second kappa shape index (κ2) is 2.48. The van der Waals surface area contributed by atoms with Gasteiger partial charge in [0, 0.05) is 11.8 Å². The van der Waals surface area contributed by atoms with Crippen LogP contribution in [0.1, 0.15) is 13.8 Å². The molecule has 3 aliphatic rings. The van der Waals surface area contributed by atoms with Crippen molar-refractivity contribution in [3.8, 4) is 0 Å². The van der Waals surface area contributed by atoms with E-state index < -0.39 is 11.9 Å². The van der Waals surface area contributed by atoms with E-state index in [1.807, 2.05) is 26.0 Å². The molecule has 2 aliphatic carbocycles. The maximum Gasteiger partial charge on any atom is 0.343 e. The Morgan fingerprint density at radius 3 is 1.93 bits per heavy atom. The molecule has 0 spiro atoms. The van der Waals surface area contributed by atoms with Gasteiger partial charge in [-0.25, -0.2) is 9.59 Å². The van der Waals surface area contributed by atoms with Crippen LogP contribution in [-0.2, 0) is 14.3 Å². The Labute approximate surface area is 87.1 Å². The van der Waals surface area contributed by atoms with Crippen molar-refractivity contribution in [2.24, 2.45) is 11.8 Å². The minimum Gasteiger partial charge on any atom is -0.386 e. The lowest BCUT2D eigenvalue weighted by molar-refractivity contribution is -0.151. The van der Waals surface area contributed by atoms with E-state index in [-0.39, 0.29) is 11.8 Å². The number of hydrogen-bond acceptors (Lipinski definition) is 3. The van der Waals surface area contributed by atoms with E-state index in [9.17, 15) is 9.59 Å². The first-order valence-corrected chi connectivity index (χ1v) is 4.97. The van der Waals surface area contributed by atoms with Crippen LogP contribution in [0.3, 0.4) is 0 Å². The quantitative estimate of drug-likeness (QED) is 0.340. The number of carbonyl (C=O) groups excluding carboxylic acids is 2. The van der Waals surface area contributed by atoms with Crippen LogP contribution in [0.5, 0.6) is 0 Å². The summed E-state index contributed by atoms with van der Waals surface area (Å²) in [6.45, 7) is 4.03. The average molecular weight is 202 g/mol. The molecule has 3 rings (SSSR count). The lowest BCUT2D eigenvalue weighted by Gasteiger charge is -2.11. The molecule has 0 fully saturated rings. The highest BCUT2D eigenvalue weighted by Gasteiger charge is 2.51. The number of fused-ring (bicyclic) bond motifs is 4. The van der Waals surface area contributed by atoms with Gasteiger partial charge in [0.25, 0.3) is 0 Å². The molecule has 1 heterocycles. The van der Waals surface area contributed by atoms with Crippen molar-refractivity contribution in [2.75, 3.05) is 0 Å². The van der Waals surface area contributed by atoms with Gasteiger partial charge >= 0.3 is 11.9 Å². The van der Waals surface area contributed by atoms with Crippen molar-refractivity contribution in [3.05, 3.63) is 34.4 Å². The standard InChI is InChI=1S/C12H10O3/c1-5(2)8-6-3-4-7(8)10-9(6)11(13)15-12(10)14/h3-4,6-7H,1-2H3. The van der Waals surface area contributed by atoms with Crippen LogP contribution >= 0.6 is 0 Å². The normalized spacial score (nSPS) is 31.5. The highest BCUT2D eigenvalue weighted by atomic mass is 16.6. The first-order valence-electron chi connectivity index (χ1n) is 4.97. The SMILES string of the molecule is CC(C)=C1C2C=CC1C1=C2C(=O)OC1=O. The molecule has 15 heavy (non-hydrogen) atoms. The van der Waals surface area contributed by atoms with Crippen molar-refractivity contribution in [3.63, 3.8) is 0 Å². The van der Waals surface area contributed by atoms with Gasteiger partial charge < -0.3 is 4.74 Å². The molecule has 0 saturated heterocycles. The lowest BCUT2D eigenvalue weighted by Crippen LogP contribution is -2.12. The largest absolute Gasteiger partial charge is 0.386 e. The van der Waals surface area contributed by atoms with Crippen molar-refractivity contribution < 1.29 is 14.3 Å². The number of esters is 2. The minimum atomic E-state index is -0.453. The summed E-state index contributed by atoms with van der Waals surface area (Å²) in [5, 5.41) is 0. The minimum absolute atomic E-state index is 0.00560. The van der Waals surface area contributed by atoms with Gasteiger partial charge in [-0.05, 0) is 19.4 Å². The van der Waals surface area contributed by atoms with Crippen LogP contribution < -0.4 is 0 Å². The van der Waals surface area contributed by atoms with Gasteiger partial charge in [0.05, 0.1) is 11.1 Å². The van der Waals surface area contributed by atoms with Gasteiger partial charge in [-0.2, -0.15) is 0 Å². The second-order valence-electron chi connectivity index (χ2n) is 4.30. The summed E-state index contributed by atoms with van der Waals surface area (Å²) in [6, 6.07) is 0. The number of rotatable bonds is 0. The molecule has 3 heteroatoms. The number of carbonyl (C=O) groups is 2. The molecule has 2 atom stereocenters. The summed E-state index contributed by atoms with van der Waals surface area (Å²) < 4.78 is 4.62. The molecular weight excluding hydrogens is 192 g/mol. The van der Waals surface area contributed by atoms with E-state index in [0.29, 0.717) is 11.1 Å². The Morgan fingerprint density at radius 1 is 1.07 bits per heavy atom. The zero-order valence-corrected chi connectivity index (χ0v) is 8.53. The molecule has 0 aromatic rings. The third-order valence-corrected chi connectivity index (χ3v) is 3.28. The van der Waals surface area contributed by atoms with Gasteiger partial charge in [0.15, 0.2) is 0 Å². The van der Waals surface area contributed by atoms with Gasteiger partial charge in [-0.3, -0.25) is 0 Å². The molecule has 3 nitrogen and oxygen atoms in total. The topological polar surface area (TPSA) is 43.4 Å². The molecule has 76 valence electrons. The van der Waals surface area contributed by atoms with Crippen LogP contribution in [0.25, 0.3) is 0 Å². The van der Waals surface area contributed by atoms with E-state index in [1.54, 1.807) is 0 Å². The highest BCUT2D eigenvalue weighted by Crippen LogP contribution is 2.52. The summed E-state index contributed by atoms with van der Waals surface area (Å²) in [6.07, 6.45) is 3.98. The van der Waals surface area contributed by atoms with Crippen LogP contribution in [-0.4, -0.2) is 11.9 Å². The highest BCUT2D eigenvalue weighted by molar-refractivity contribution is 6.15. The lowest BCUT2D eigenvalue weighted by atomic mass is 9.95. The summed E-state index contributed by atoms with van der Waals surface area (Å²) in [5.41, 5.74) is 3.52. The Morgan fingerprint density at radius 2 is 1.53 bits per heavy atom. The Kier molecular flexibility index (Phi) is 1.43. The monoisotopic (exact) mass is 202 g/mol. The zero-order chi connectivity index (χ0) is 10.7. The van der Waals surface area contributed by atoms with Gasteiger partial charge in [-0.15, -0.1) is 0 Å². The molecule has 0 radical (unpaired) electrons. The fraction of sp³-hybridized carbons (Fsp3) is 0.333. The van der Waals surface area contributed by atoms with E-state index in [0.717, 1.165) is 0 Å². The van der Waals surface area contributed by atoms with E-state index in [4.69, 9.17) is 0 Å². The average Bonchev–Trinajstić information content (AvgIpc) is 2.77. The maximum absolute atomic E-state index is 11.5. The molecule has 0 amide bonds. The Bertz CT molecular complexity index is 451. The summed E-state index contributed by atoms with van der Waals surface area (Å²) >= 11 is 0. The molecule has 1 aliphatic heterocycles. The van der Waals surface area contributed by atoms with Gasteiger partial charge in [-0.1, -0.05) is 17.7 Å². The van der Waals surface area contributed by atoms with Gasteiger partial charge in [0.2, 0.25) is 0 Å². The van der Waals surface area contributed by atoms with Crippen molar-refractivity contribution >= 4 is 11.9 Å². The van der Waals surface area contributed by atoms with Crippen molar-refractivity contribution in [2.45, 2.75) is 13.8 Å². The third-order valence-electron chi connectivity index (χ3n) is 3.28. The molecule has 0 aromatic carbocycles. The van der Waals surface area contributed by atoms with Crippen LogP contribution in [0, 0.1) is 11.8 Å². The molecular formula is C12H10O3. The molecule has 2 unspecified atom stereocenters. The fourth-order valence-corrected chi connectivity index (χ4v) is 2.75. The molecule has 2 bridgehead atoms. The number of allylic oxidation sites excluding steroid dienone is 4. The smallest absolute Gasteiger partial charge is 0.343 e. The molecule has 0 N–H and O–H groups in total. The molecule has 0 saturated carbocycles. The first kappa shape index (κ1) is 8.65. The second-order valence-corrected chi connectivity index (χ2v) is 4.30. The van der Waals surface area contributed by atoms with E-state index in [1.165, 1.54) is 11.1 Å². The first-order chi connectivity index (χ1) is 7.11. The third kappa shape index (κ3) is 0.856. The summed E-state index contributed by atoms with van der Waals surface area (Å²) in [4.78, 5) is 22.9. The number of cyclic esters (lactones) is 2. The van der Waals surface area contributed by atoms with Crippen molar-refractivity contribution in [1.82, 2.24) is 0 Å². The molecule has 0 aromatic heterocycles. The van der Waals surface area contributed by atoms with Crippen LogP contribution in [0.15, 0.2) is 34.4 Å². The van der Waals surface area contributed by atoms with Crippen LogP contribution in [0.2, 0.25) is 0 Å². The van der Waals surface area contributed by atoms with E-state index in [2.05, 4.69) is 4.74 Å². The Balaban J connectivity index is 2.20. The van der Waals surface area contributed by atoms with Gasteiger partial charge in [0.1, 0.15) is 0 Å². The van der Waals surface area contributed by atoms with Crippen LogP contribution in [0.4, 0.5) is 0 Å².